The molecule has 0 heterocycles. The zero-order valence-corrected chi connectivity index (χ0v) is 16.6. The molecule has 0 saturated heterocycles. The number of carbonyl (C=O) groups is 1. The van der Waals surface area contributed by atoms with Gasteiger partial charge in [0.25, 0.3) is 5.91 Å². The van der Waals surface area contributed by atoms with Crippen molar-refractivity contribution in [2.45, 2.75) is 32.9 Å². The van der Waals surface area contributed by atoms with Crippen molar-refractivity contribution in [3.8, 4) is 0 Å². The average Bonchev–Trinajstić information content (AvgIpc) is 2.60. The van der Waals surface area contributed by atoms with Gasteiger partial charge < -0.3 is 5.32 Å². The second-order valence-electron chi connectivity index (χ2n) is 6.23. The van der Waals surface area contributed by atoms with E-state index in [0.29, 0.717) is 16.3 Å². The summed E-state index contributed by atoms with van der Waals surface area (Å²) in [4.78, 5) is 12.2. The third-order valence-corrected chi connectivity index (χ3v) is 5.44. The Bertz CT molecular complexity index is 849. The molecule has 0 fully saturated rings. The van der Waals surface area contributed by atoms with Gasteiger partial charge in [-0.3, -0.25) is 9.10 Å². The summed E-state index contributed by atoms with van der Waals surface area (Å²) in [6.45, 7) is 4.12. The number of sulfonamides is 1. The largest absolute Gasteiger partial charge is 0.350 e. The van der Waals surface area contributed by atoms with Gasteiger partial charge in [-0.05, 0) is 55.3 Å². The maximum absolute atomic E-state index is 12.2. The maximum Gasteiger partial charge on any atom is 0.251 e. The van der Waals surface area contributed by atoms with Crippen LogP contribution in [0.5, 0.6) is 0 Å². The Hall–Kier alpha value is -2.05. The summed E-state index contributed by atoms with van der Waals surface area (Å²) in [5.74, 6) is -0.172. The molecule has 7 heteroatoms. The van der Waals surface area contributed by atoms with Crippen LogP contribution in [0.4, 0.5) is 5.69 Å². The molecule has 140 valence electrons. The number of hydrogen-bond acceptors (Lipinski definition) is 3. The maximum atomic E-state index is 12.2. The number of anilines is 1. The van der Waals surface area contributed by atoms with E-state index in [1.807, 2.05) is 13.8 Å². The van der Waals surface area contributed by atoms with Gasteiger partial charge in [0.1, 0.15) is 0 Å². The molecular weight excluding hydrogens is 372 g/mol. The molecule has 1 atom stereocenters. The molecule has 0 aliphatic carbocycles. The summed E-state index contributed by atoms with van der Waals surface area (Å²) in [6.07, 6.45) is 2.00. The summed E-state index contributed by atoms with van der Waals surface area (Å²) in [6, 6.07) is 13.6. The topological polar surface area (TPSA) is 66.5 Å². The minimum atomic E-state index is -3.48. The standard InChI is InChI=1S/C19H23ClN2O3S/c1-4-14(2)21-19(23)16-7-11-18(12-8-16)22(26(3,24)25)13-15-5-9-17(20)10-6-15/h5-12,14H,4,13H2,1-3H3,(H,21,23)/t14-/m0/s1. The number of rotatable bonds is 7. The fourth-order valence-corrected chi connectivity index (χ4v) is 3.36. The van der Waals surface area contributed by atoms with E-state index < -0.39 is 10.0 Å². The molecule has 0 aliphatic rings. The quantitative estimate of drug-likeness (QED) is 0.775. The Morgan fingerprint density at radius 1 is 1.12 bits per heavy atom. The number of amides is 1. The van der Waals surface area contributed by atoms with Gasteiger partial charge in [-0.1, -0.05) is 30.7 Å². The van der Waals surface area contributed by atoms with E-state index >= 15 is 0 Å². The van der Waals surface area contributed by atoms with E-state index in [-0.39, 0.29) is 18.5 Å². The summed E-state index contributed by atoms with van der Waals surface area (Å²) >= 11 is 5.88. The second-order valence-corrected chi connectivity index (χ2v) is 8.57. The third-order valence-electron chi connectivity index (χ3n) is 4.05. The zero-order valence-electron chi connectivity index (χ0n) is 15.1. The highest BCUT2D eigenvalue weighted by molar-refractivity contribution is 7.92. The van der Waals surface area contributed by atoms with Crippen molar-refractivity contribution in [1.82, 2.24) is 5.32 Å². The molecule has 0 radical (unpaired) electrons. The number of nitrogens with one attached hydrogen (secondary N) is 1. The van der Waals surface area contributed by atoms with E-state index in [1.165, 1.54) is 4.31 Å². The lowest BCUT2D eigenvalue weighted by Gasteiger charge is -2.23. The van der Waals surface area contributed by atoms with Gasteiger partial charge in [-0.2, -0.15) is 0 Å². The van der Waals surface area contributed by atoms with Crippen LogP contribution in [-0.4, -0.2) is 26.6 Å². The number of halogens is 1. The van der Waals surface area contributed by atoms with Crippen molar-refractivity contribution in [3.63, 3.8) is 0 Å². The lowest BCUT2D eigenvalue weighted by molar-refractivity contribution is 0.0939. The Kier molecular flexibility index (Phi) is 6.67. The van der Waals surface area contributed by atoms with Crippen LogP contribution < -0.4 is 9.62 Å². The first-order valence-corrected chi connectivity index (χ1v) is 10.6. The first-order chi connectivity index (χ1) is 12.2. The predicted molar refractivity (Wildman–Crippen MR) is 106 cm³/mol. The minimum absolute atomic E-state index is 0.0830. The van der Waals surface area contributed by atoms with Crippen LogP contribution in [0.15, 0.2) is 48.5 Å². The lowest BCUT2D eigenvalue weighted by Crippen LogP contribution is -2.32. The average molecular weight is 395 g/mol. The Balaban J connectivity index is 2.23. The minimum Gasteiger partial charge on any atom is -0.350 e. The van der Waals surface area contributed by atoms with Gasteiger partial charge >= 0.3 is 0 Å². The molecular formula is C19H23ClN2O3S. The molecule has 2 rings (SSSR count). The number of hydrogen-bond donors (Lipinski definition) is 1. The van der Waals surface area contributed by atoms with Crippen molar-refractivity contribution < 1.29 is 13.2 Å². The Morgan fingerprint density at radius 3 is 2.19 bits per heavy atom. The van der Waals surface area contributed by atoms with E-state index in [4.69, 9.17) is 11.6 Å². The second kappa shape index (κ2) is 8.56. The van der Waals surface area contributed by atoms with Crippen LogP contribution in [0.3, 0.4) is 0 Å². The summed E-state index contributed by atoms with van der Waals surface area (Å²) in [5.41, 5.74) is 1.81. The van der Waals surface area contributed by atoms with Crippen molar-refractivity contribution in [2.75, 3.05) is 10.6 Å². The van der Waals surface area contributed by atoms with Crippen molar-refractivity contribution in [2.24, 2.45) is 0 Å². The van der Waals surface area contributed by atoms with E-state index in [2.05, 4.69) is 5.32 Å². The highest BCUT2D eigenvalue weighted by Crippen LogP contribution is 2.22. The smallest absolute Gasteiger partial charge is 0.251 e. The van der Waals surface area contributed by atoms with Crippen LogP contribution in [0.1, 0.15) is 36.2 Å². The van der Waals surface area contributed by atoms with E-state index in [0.717, 1.165) is 18.2 Å². The molecule has 1 amide bonds. The van der Waals surface area contributed by atoms with Crippen LogP contribution in [0.25, 0.3) is 0 Å². The first kappa shape index (κ1) is 20.3. The summed E-state index contributed by atoms with van der Waals surface area (Å²) in [5, 5.41) is 3.48. The molecule has 0 unspecified atom stereocenters. The van der Waals surface area contributed by atoms with Crippen molar-refractivity contribution in [1.29, 1.82) is 0 Å². The van der Waals surface area contributed by atoms with Crippen molar-refractivity contribution >= 4 is 33.2 Å². The van der Waals surface area contributed by atoms with E-state index in [1.54, 1.807) is 48.5 Å². The summed E-state index contributed by atoms with van der Waals surface area (Å²) < 4.78 is 25.8. The molecule has 0 aliphatic heterocycles. The number of carbonyl (C=O) groups excluding carboxylic acids is 1. The lowest BCUT2D eigenvalue weighted by atomic mass is 10.1. The number of nitrogens with zero attached hydrogens (tertiary/aromatic N) is 1. The molecule has 5 nitrogen and oxygen atoms in total. The van der Waals surface area contributed by atoms with Gasteiger partial charge in [0.2, 0.25) is 10.0 Å². The summed E-state index contributed by atoms with van der Waals surface area (Å²) in [7, 11) is -3.48. The van der Waals surface area contributed by atoms with Crippen LogP contribution in [-0.2, 0) is 16.6 Å². The highest BCUT2D eigenvalue weighted by Gasteiger charge is 2.18. The molecule has 26 heavy (non-hydrogen) atoms. The van der Waals surface area contributed by atoms with Gasteiger partial charge in [0.05, 0.1) is 18.5 Å². The molecule has 0 saturated carbocycles. The van der Waals surface area contributed by atoms with Gasteiger partial charge in [0.15, 0.2) is 0 Å². The zero-order chi connectivity index (χ0) is 19.3. The predicted octanol–water partition coefficient (Wildman–Crippen LogP) is 3.83. The van der Waals surface area contributed by atoms with E-state index in [9.17, 15) is 13.2 Å². The van der Waals surface area contributed by atoms with Crippen LogP contribution in [0.2, 0.25) is 5.02 Å². The monoisotopic (exact) mass is 394 g/mol. The number of benzene rings is 2. The van der Waals surface area contributed by atoms with Crippen LogP contribution >= 0.6 is 11.6 Å². The van der Waals surface area contributed by atoms with Gasteiger partial charge in [-0.25, -0.2) is 8.42 Å². The fraction of sp³-hybridized carbons (Fsp3) is 0.316. The van der Waals surface area contributed by atoms with Crippen LogP contribution in [0, 0.1) is 0 Å². The molecule has 1 N–H and O–H groups in total. The highest BCUT2D eigenvalue weighted by atomic mass is 35.5. The SMILES string of the molecule is CC[C@H](C)NC(=O)c1ccc(N(Cc2ccc(Cl)cc2)S(C)(=O)=O)cc1. The Labute approximate surface area is 160 Å². The van der Waals surface area contributed by atoms with Gasteiger partial charge in [-0.15, -0.1) is 0 Å². The van der Waals surface area contributed by atoms with Crippen molar-refractivity contribution in [3.05, 3.63) is 64.7 Å². The molecule has 0 spiro atoms. The molecule has 0 aromatic heterocycles. The molecule has 0 bridgehead atoms. The molecule has 2 aromatic rings. The Morgan fingerprint density at radius 2 is 1.69 bits per heavy atom. The third kappa shape index (κ3) is 5.47. The fourth-order valence-electron chi connectivity index (χ4n) is 2.34. The first-order valence-electron chi connectivity index (χ1n) is 8.33. The van der Waals surface area contributed by atoms with Gasteiger partial charge in [0, 0.05) is 16.6 Å². The normalized spacial score (nSPS) is 12.5. The molecule has 2 aromatic carbocycles.